The largest absolute Gasteiger partial charge is 0.352 e. The number of aliphatic imine (C=N–C) groups is 1. The van der Waals surface area contributed by atoms with Crippen LogP contribution in [0.2, 0.25) is 0 Å². The average molecular weight is 353 g/mol. The highest BCUT2D eigenvalue weighted by Crippen LogP contribution is 2.17. The summed E-state index contributed by atoms with van der Waals surface area (Å²) in [6.45, 7) is 5.62. The van der Waals surface area contributed by atoms with Crippen molar-refractivity contribution in [1.29, 1.82) is 0 Å². The van der Waals surface area contributed by atoms with Crippen LogP contribution in [0.5, 0.6) is 0 Å². The Hall–Kier alpha value is -2.60. The number of guanidine groups is 1. The monoisotopic (exact) mass is 353 g/mol. The lowest BCUT2D eigenvalue weighted by atomic mass is 10.2. The van der Waals surface area contributed by atoms with Gasteiger partial charge in [-0.2, -0.15) is 5.10 Å². The fraction of sp³-hybridized carbons (Fsp3) is 0.263. The summed E-state index contributed by atoms with van der Waals surface area (Å²) in [4.78, 5) is 5.58. The van der Waals surface area contributed by atoms with E-state index in [1.807, 2.05) is 29.8 Å². The molecule has 0 spiro atoms. The number of rotatable bonds is 5. The van der Waals surface area contributed by atoms with Crippen LogP contribution >= 0.6 is 11.3 Å². The number of nitrogens with one attached hydrogen (secondary N) is 2. The molecule has 0 unspecified atom stereocenters. The average Bonchev–Trinajstić information content (AvgIpc) is 3.25. The van der Waals surface area contributed by atoms with Crippen LogP contribution in [-0.4, -0.2) is 22.8 Å². The van der Waals surface area contributed by atoms with Crippen LogP contribution in [-0.2, 0) is 13.1 Å². The van der Waals surface area contributed by atoms with Crippen LogP contribution in [0.1, 0.15) is 21.8 Å². The standard InChI is InChI=1S/C19H23N5S/c1-14-18(15(2)24(23-14)16-8-5-4-6-9-16)13-22-19(20-3)21-12-17-10-7-11-25-17/h4-11H,12-13H2,1-3H3,(H2,20,21,22). The minimum absolute atomic E-state index is 0.689. The fourth-order valence-corrected chi connectivity index (χ4v) is 3.37. The summed E-state index contributed by atoms with van der Waals surface area (Å²) in [5.41, 5.74) is 4.45. The van der Waals surface area contributed by atoms with E-state index in [0.717, 1.165) is 29.6 Å². The van der Waals surface area contributed by atoms with E-state index in [1.54, 1.807) is 18.4 Å². The van der Waals surface area contributed by atoms with Crippen molar-refractivity contribution in [1.82, 2.24) is 20.4 Å². The van der Waals surface area contributed by atoms with Gasteiger partial charge in [0.05, 0.1) is 17.9 Å². The molecule has 0 radical (unpaired) electrons. The van der Waals surface area contributed by atoms with Crippen LogP contribution in [0.15, 0.2) is 52.8 Å². The van der Waals surface area contributed by atoms with Crippen LogP contribution in [0.25, 0.3) is 5.69 Å². The molecule has 1 aromatic carbocycles. The summed E-state index contributed by atoms with van der Waals surface area (Å²) >= 11 is 1.74. The first kappa shape index (κ1) is 17.2. The van der Waals surface area contributed by atoms with Gasteiger partial charge in [0.25, 0.3) is 0 Å². The summed E-state index contributed by atoms with van der Waals surface area (Å²) in [5, 5.41) is 13.5. The molecule has 0 amide bonds. The molecule has 3 aromatic rings. The van der Waals surface area contributed by atoms with Crippen molar-refractivity contribution in [2.24, 2.45) is 4.99 Å². The number of nitrogens with zero attached hydrogens (tertiary/aromatic N) is 3. The second-order valence-corrected chi connectivity index (χ2v) is 6.79. The molecule has 6 heteroatoms. The van der Waals surface area contributed by atoms with Crippen molar-refractivity contribution in [3.8, 4) is 5.69 Å². The normalized spacial score (nSPS) is 11.6. The van der Waals surface area contributed by atoms with Crippen molar-refractivity contribution >= 4 is 17.3 Å². The lowest BCUT2D eigenvalue weighted by Gasteiger charge is -2.11. The molecule has 0 aliphatic carbocycles. The van der Waals surface area contributed by atoms with Crippen molar-refractivity contribution in [3.63, 3.8) is 0 Å². The molecule has 0 saturated heterocycles. The van der Waals surface area contributed by atoms with Gasteiger partial charge in [0, 0.05) is 29.7 Å². The van der Waals surface area contributed by atoms with E-state index >= 15 is 0 Å². The maximum Gasteiger partial charge on any atom is 0.191 e. The van der Waals surface area contributed by atoms with Gasteiger partial charge in [-0.05, 0) is 37.4 Å². The molecular formula is C19H23N5S. The topological polar surface area (TPSA) is 54.2 Å². The Labute approximate surface area is 152 Å². The number of hydrogen-bond donors (Lipinski definition) is 2. The second-order valence-electron chi connectivity index (χ2n) is 5.76. The third-order valence-corrected chi connectivity index (χ3v) is 4.98. The number of para-hydroxylation sites is 1. The minimum atomic E-state index is 0.689. The molecule has 25 heavy (non-hydrogen) atoms. The summed E-state index contributed by atoms with van der Waals surface area (Å²) in [5.74, 6) is 0.791. The third kappa shape index (κ3) is 4.09. The van der Waals surface area contributed by atoms with Crippen LogP contribution in [0, 0.1) is 13.8 Å². The van der Waals surface area contributed by atoms with E-state index in [2.05, 4.69) is 57.3 Å². The lowest BCUT2D eigenvalue weighted by Crippen LogP contribution is -2.36. The van der Waals surface area contributed by atoms with Gasteiger partial charge >= 0.3 is 0 Å². The van der Waals surface area contributed by atoms with Crippen molar-refractivity contribution in [3.05, 3.63) is 69.7 Å². The number of thiophene rings is 1. The highest BCUT2D eigenvalue weighted by Gasteiger charge is 2.13. The molecule has 3 rings (SSSR count). The first-order valence-corrected chi connectivity index (χ1v) is 9.14. The van der Waals surface area contributed by atoms with E-state index in [0.29, 0.717) is 6.54 Å². The molecule has 2 N–H and O–H groups in total. The zero-order chi connectivity index (χ0) is 17.6. The molecule has 0 saturated carbocycles. The summed E-state index contributed by atoms with van der Waals surface area (Å²) < 4.78 is 1.99. The van der Waals surface area contributed by atoms with Crippen molar-refractivity contribution in [2.45, 2.75) is 26.9 Å². The second kappa shape index (κ2) is 7.98. The van der Waals surface area contributed by atoms with Crippen molar-refractivity contribution < 1.29 is 0 Å². The number of benzene rings is 1. The molecule has 0 atom stereocenters. The molecule has 0 bridgehead atoms. The van der Waals surface area contributed by atoms with Crippen LogP contribution in [0.4, 0.5) is 0 Å². The number of aryl methyl sites for hydroxylation is 1. The molecule has 0 fully saturated rings. The van der Waals surface area contributed by atoms with E-state index in [1.165, 1.54) is 10.4 Å². The highest BCUT2D eigenvalue weighted by molar-refractivity contribution is 7.09. The molecule has 0 aliphatic heterocycles. The van der Waals surface area contributed by atoms with Gasteiger partial charge in [-0.3, -0.25) is 4.99 Å². The summed E-state index contributed by atoms with van der Waals surface area (Å²) in [6, 6.07) is 14.4. The smallest absolute Gasteiger partial charge is 0.191 e. The molecule has 0 aliphatic rings. The molecule has 130 valence electrons. The molecule has 5 nitrogen and oxygen atoms in total. The van der Waals surface area contributed by atoms with Crippen LogP contribution in [0.3, 0.4) is 0 Å². The van der Waals surface area contributed by atoms with E-state index in [4.69, 9.17) is 0 Å². The Morgan fingerprint density at radius 1 is 1.08 bits per heavy atom. The third-order valence-electron chi connectivity index (χ3n) is 4.11. The molecule has 2 aromatic heterocycles. The van der Waals surface area contributed by atoms with E-state index in [-0.39, 0.29) is 0 Å². The van der Waals surface area contributed by atoms with Gasteiger partial charge in [-0.15, -0.1) is 11.3 Å². The predicted octanol–water partition coefficient (Wildman–Crippen LogP) is 3.42. The Bertz CT molecular complexity index is 834. The van der Waals surface area contributed by atoms with E-state index in [9.17, 15) is 0 Å². The molecule has 2 heterocycles. The van der Waals surface area contributed by atoms with Crippen molar-refractivity contribution in [2.75, 3.05) is 7.05 Å². The maximum absolute atomic E-state index is 4.69. The Kier molecular flexibility index (Phi) is 5.50. The number of aromatic nitrogens is 2. The minimum Gasteiger partial charge on any atom is -0.352 e. The number of hydrogen-bond acceptors (Lipinski definition) is 3. The van der Waals surface area contributed by atoms with Gasteiger partial charge in [0.2, 0.25) is 0 Å². The Morgan fingerprint density at radius 2 is 1.84 bits per heavy atom. The summed E-state index contributed by atoms with van der Waals surface area (Å²) in [7, 11) is 1.79. The van der Waals surface area contributed by atoms with E-state index < -0.39 is 0 Å². The van der Waals surface area contributed by atoms with Gasteiger partial charge < -0.3 is 10.6 Å². The Balaban J connectivity index is 1.67. The first-order valence-electron chi connectivity index (χ1n) is 8.26. The zero-order valence-electron chi connectivity index (χ0n) is 14.8. The van der Waals surface area contributed by atoms with Gasteiger partial charge in [-0.1, -0.05) is 24.3 Å². The van der Waals surface area contributed by atoms with Gasteiger partial charge in [0.15, 0.2) is 5.96 Å². The van der Waals surface area contributed by atoms with Gasteiger partial charge in [-0.25, -0.2) is 4.68 Å². The Morgan fingerprint density at radius 3 is 2.52 bits per heavy atom. The fourth-order valence-electron chi connectivity index (χ4n) is 2.73. The lowest BCUT2D eigenvalue weighted by molar-refractivity contribution is 0.805. The molecular weight excluding hydrogens is 330 g/mol. The van der Waals surface area contributed by atoms with Gasteiger partial charge in [0.1, 0.15) is 0 Å². The maximum atomic E-state index is 4.69. The summed E-state index contributed by atoms with van der Waals surface area (Å²) in [6.07, 6.45) is 0. The SMILES string of the molecule is CN=C(NCc1cccs1)NCc1c(C)nn(-c2ccccc2)c1C. The van der Waals surface area contributed by atoms with Crippen LogP contribution < -0.4 is 10.6 Å². The predicted molar refractivity (Wildman–Crippen MR) is 104 cm³/mol. The quantitative estimate of drug-likeness (QED) is 0.546. The highest BCUT2D eigenvalue weighted by atomic mass is 32.1. The first-order chi connectivity index (χ1) is 12.2. The zero-order valence-corrected chi connectivity index (χ0v) is 15.6.